The molecular weight excluding hydrogens is 468 g/mol. The van der Waals surface area contributed by atoms with E-state index in [0.717, 1.165) is 5.75 Å². The molecule has 2 amide bonds. The SMILES string of the molecule is CSCCC(N)C(=O)O.NC(=O)CC(N)C(=O)O.NC(=O)CCC(N)C(=O)O.NCC(=O)O. The van der Waals surface area contributed by atoms with Crippen molar-refractivity contribution in [3.8, 4) is 0 Å². The average molecular weight is 503 g/mol. The van der Waals surface area contributed by atoms with Gasteiger partial charge in [-0.1, -0.05) is 0 Å². The smallest absolute Gasteiger partial charge is 0.321 e. The summed E-state index contributed by atoms with van der Waals surface area (Å²) in [4.78, 5) is 59.3. The number of rotatable bonds is 12. The second-order valence-electron chi connectivity index (χ2n) is 5.89. The number of aliphatic carboxylic acids is 4. The first-order valence-electron chi connectivity index (χ1n) is 8.95. The number of carboxylic acids is 4. The van der Waals surface area contributed by atoms with Gasteiger partial charge in [-0.25, -0.2) is 0 Å². The summed E-state index contributed by atoms with van der Waals surface area (Å²) in [5.41, 5.74) is 29.1. The average Bonchev–Trinajstić information content (AvgIpc) is 2.70. The Hall–Kier alpha value is -2.99. The van der Waals surface area contributed by atoms with Gasteiger partial charge in [0, 0.05) is 6.42 Å². The highest BCUT2D eigenvalue weighted by Crippen LogP contribution is 1.97. The number of carboxylic acid groups (broad SMARTS) is 4. The Balaban J connectivity index is -0.000000174. The zero-order valence-electron chi connectivity index (χ0n) is 18.1. The highest BCUT2D eigenvalue weighted by atomic mass is 32.2. The number of hydrogen-bond donors (Lipinski definition) is 10. The molecule has 0 bridgehead atoms. The van der Waals surface area contributed by atoms with Gasteiger partial charge in [0.2, 0.25) is 11.8 Å². The third-order valence-electron chi connectivity index (χ3n) is 2.88. The molecule has 0 aromatic heterocycles. The molecule has 0 aliphatic rings. The summed E-state index contributed by atoms with van der Waals surface area (Å²) in [6, 6.07) is -2.83. The van der Waals surface area contributed by atoms with Crippen molar-refractivity contribution in [2.45, 2.75) is 43.8 Å². The van der Waals surface area contributed by atoms with Crippen LogP contribution in [-0.2, 0) is 28.8 Å². The van der Waals surface area contributed by atoms with Gasteiger partial charge in [0.15, 0.2) is 0 Å². The van der Waals surface area contributed by atoms with E-state index in [-0.39, 0.29) is 25.8 Å². The lowest BCUT2D eigenvalue weighted by Gasteiger charge is -2.02. The zero-order chi connectivity index (χ0) is 27.1. The second kappa shape index (κ2) is 23.7. The van der Waals surface area contributed by atoms with Gasteiger partial charge in [-0.15, -0.1) is 0 Å². The quantitative estimate of drug-likeness (QED) is 0.122. The van der Waals surface area contributed by atoms with Gasteiger partial charge < -0.3 is 54.8 Å². The molecule has 0 aliphatic carbocycles. The fourth-order valence-corrected chi connectivity index (χ4v) is 1.58. The molecule has 0 aromatic carbocycles. The number of primary amides is 2. The van der Waals surface area contributed by atoms with Crippen LogP contribution in [-0.4, -0.2) is 92.8 Å². The van der Waals surface area contributed by atoms with Crippen molar-refractivity contribution >= 4 is 47.5 Å². The van der Waals surface area contributed by atoms with Crippen LogP contribution in [0.4, 0.5) is 0 Å². The molecule has 0 heterocycles. The minimum Gasteiger partial charge on any atom is -0.480 e. The van der Waals surface area contributed by atoms with Crippen LogP contribution in [0.15, 0.2) is 0 Å². The predicted octanol–water partition coefficient (Wildman–Crippen LogP) is -3.88. The van der Waals surface area contributed by atoms with Crippen molar-refractivity contribution in [1.29, 1.82) is 0 Å². The Morgan fingerprint density at radius 2 is 1.09 bits per heavy atom. The van der Waals surface area contributed by atoms with E-state index >= 15 is 0 Å². The highest BCUT2D eigenvalue weighted by Gasteiger charge is 2.13. The standard InChI is InChI=1S/C5H10N2O3.C5H11NO2S.C4H8N2O3.C2H5NO2/c6-3(5(9)10)1-2-4(7)8;1-9-3-2-4(6)5(7)8;5-2(4(8)9)1-3(6)7;3-1-2(4)5/h3H,1-2,6H2,(H2,7,8)(H,9,10);4H,2-3,6H2,1H3,(H,7,8);2H,1,5H2,(H2,6,7)(H,8,9);1,3H2,(H,4,5). The van der Waals surface area contributed by atoms with E-state index < -0.39 is 53.8 Å². The number of carbonyl (C=O) groups is 6. The van der Waals surface area contributed by atoms with E-state index in [1.54, 1.807) is 11.8 Å². The van der Waals surface area contributed by atoms with Crippen LogP contribution in [0.1, 0.15) is 25.7 Å². The van der Waals surface area contributed by atoms with E-state index in [1.807, 2.05) is 6.26 Å². The Labute approximate surface area is 194 Å². The fraction of sp³-hybridized carbons (Fsp3) is 0.625. The number of carbonyl (C=O) groups excluding carboxylic acids is 2. The molecule has 0 saturated carbocycles. The molecule has 194 valence electrons. The molecule has 0 rings (SSSR count). The molecule has 17 heteroatoms. The van der Waals surface area contributed by atoms with Gasteiger partial charge in [0.05, 0.1) is 13.0 Å². The highest BCUT2D eigenvalue weighted by molar-refractivity contribution is 7.98. The van der Waals surface area contributed by atoms with Crippen LogP contribution >= 0.6 is 11.8 Å². The van der Waals surface area contributed by atoms with Crippen LogP contribution in [0.2, 0.25) is 0 Å². The summed E-state index contributed by atoms with van der Waals surface area (Å²) >= 11 is 1.60. The fourth-order valence-electron chi connectivity index (χ4n) is 1.09. The summed E-state index contributed by atoms with van der Waals surface area (Å²) in [5.74, 6) is -4.63. The summed E-state index contributed by atoms with van der Waals surface area (Å²) in [5, 5.41) is 32.2. The van der Waals surface area contributed by atoms with E-state index in [9.17, 15) is 28.8 Å². The molecule has 0 radical (unpaired) electrons. The predicted molar refractivity (Wildman–Crippen MR) is 119 cm³/mol. The second-order valence-corrected chi connectivity index (χ2v) is 6.87. The van der Waals surface area contributed by atoms with E-state index in [1.165, 1.54) is 0 Å². The van der Waals surface area contributed by atoms with Crippen molar-refractivity contribution < 1.29 is 49.2 Å². The lowest BCUT2D eigenvalue weighted by molar-refractivity contribution is -0.140. The Morgan fingerprint density at radius 1 is 0.727 bits per heavy atom. The molecule has 3 unspecified atom stereocenters. The van der Waals surface area contributed by atoms with E-state index in [2.05, 4.69) is 11.5 Å². The Kier molecular flexibility index (Phi) is 26.8. The Bertz CT molecular complexity index is 623. The molecule has 0 fully saturated rings. The van der Waals surface area contributed by atoms with Gasteiger partial charge in [0.1, 0.15) is 18.1 Å². The minimum atomic E-state index is -1.21. The van der Waals surface area contributed by atoms with Gasteiger partial charge >= 0.3 is 23.9 Å². The zero-order valence-corrected chi connectivity index (χ0v) is 18.9. The van der Waals surface area contributed by atoms with Crippen molar-refractivity contribution in [3.05, 3.63) is 0 Å². The first-order valence-corrected chi connectivity index (χ1v) is 10.3. The molecule has 0 saturated heterocycles. The maximum absolute atomic E-state index is 10.1. The van der Waals surface area contributed by atoms with Crippen LogP contribution < -0.4 is 34.4 Å². The number of amides is 2. The molecule has 0 aliphatic heterocycles. The largest absolute Gasteiger partial charge is 0.480 e. The third-order valence-corrected chi connectivity index (χ3v) is 3.53. The van der Waals surface area contributed by atoms with Gasteiger partial charge in [-0.2, -0.15) is 11.8 Å². The molecular formula is C16H34N6O10S. The topological polar surface area (TPSA) is 339 Å². The van der Waals surface area contributed by atoms with Crippen LogP contribution in [0.5, 0.6) is 0 Å². The van der Waals surface area contributed by atoms with Crippen molar-refractivity contribution in [2.75, 3.05) is 18.6 Å². The normalized spacial score (nSPS) is 11.9. The van der Waals surface area contributed by atoms with Gasteiger partial charge in [-0.05, 0) is 24.9 Å². The monoisotopic (exact) mass is 502 g/mol. The summed E-state index contributed by atoms with van der Waals surface area (Å²) in [6.45, 7) is -0.278. The summed E-state index contributed by atoms with van der Waals surface area (Å²) in [6.07, 6.45) is 2.29. The number of nitrogens with two attached hydrogens (primary N) is 6. The van der Waals surface area contributed by atoms with Crippen molar-refractivity contribution in [1.82, 2.24) is 0 Å². The molecule has 16 N–H and O–H groups in total. The Morgan fingerprint density at radius 3 is 1.30 bits per heavy atom. The van der Waals surface area contributed by atoms with Crippen LogP contribution in [0.25, 0.3) is 0 Å². The number of hydrogen-bond acceptors (Lipinski definition) is 11. The lowest BCUT2D eigenvalue weighted by atomic mass is 10.2. The molecule has 0 spiro atoms. The lowest BCUT2D eigenvalue weighted by Crippen LogP contribution is -2.34. The maximum Gasteiger partial charge on any atom is 0.321 e. The summed E-state index contributed by atoms with van der Waals surface area (Å²) < 4.78 is 0. The molecule has 0 aromatic rings. The molecule has 3 atom stereocenters. The third kappa shape index (κ3) is 36.7. The first kappa shape index (κ1) is 37.3. The van der Waals surface area contributed by atoms with Crippen molar-refractivity contribution in [3.63, 3.8) is 0 Å². The van der Waals surface area contributed by atoms with E-state index in [0.29, 0.717) is 6.42 Å². The summed E-state index contributed by atoms with van der Waals surface area (Å²) in [7, 11) is 0. The van der Waals surface area contributed by atoms with Gasteiger partial charge in [-0.3, -0.25) is 28.8 Å². The van der Waals surface area contributed by atoms with Crippen molar-refractivity contribution in [2.24, 2.45) is 34.4 Å². The number of thioether (sulfide) groups is 1. The van der Waals surface area contributed by atoms with Gasteiger partial charge in [0.25, 0.3) is 0 Å². The first-order chi connectivity index (χ1) is 15.0. The van der Waals surface area contributed by atoms with Crippen LogP contribution in [0.3, 0.4) is 0 Å². The minimum absolute atomic E-state index is 0.0213. The molecule has 16 nitrogen and oxygen atoms in total. The molecule has 33 heavy (non-hydrogen) atoms. The maximum atomic E-state index is 10.1. The van der Waals surface area contributed by atoms with Crippen LogP contribution in [0, 0.1) is 0 Å². The van der Waals surface area contributed by atoms with E-state index in [4.69, 9.17) is 43.4 Å².